The van der Waals surface area contributed by atoms with Crippen molar-refractivity contribution in [3.05, 3.63) is 54.6 Å². The summed E-state index contributed by atoms with van der Waals surface area (Å²) in [5.41, 5.74) is -0.471. The fourth-order valence-electron chi connectivity index (χ4n) is 2.70. The van der Waals surface area contributed by atoms with Crippen LogP contribution in [0, 0.1) is 20.2 Å². The first kappa shape index (κ1) is 25.9. The molecule has 2 amide bonds. The van der Waals surface area contributed by atoms with Gasteiger partial charge in [-0.15, -0.1) is 20.2 Å². The molecule has 0 bridgehead atoms. The summed E-state index contributed by atoms with van der Waals surface area (Å²) >= 11 is 0. The molecule has 0 fully saturated rings. The lowest BCUT2D eigenvalue weighted by Crippen LogP contribution is -2.32. The maximum absolute atomic E-state index is 12.8. The number of carbonyl (C=O) groups is 4. The van der Waals surface area contributed by atoms with Gasteiger partial charge in [0.15, 0.2) is 12.6 Å². The number of benzene rings is 1. The standard InChI is InChI=1S/C18H22N4O10/c1-19(5-3-7-31-21(27)28)17(25)15-10-16(14(12-24)9-13(15)11-23)18(26)20(2)6-4-8-32-22(29)30/h9-12H,3-8H2,1-2H3. The van der Waals surface area contributed by atoms with Crippen molar-refractivity contribution in [2.45, 2.75) is 12.8 Å². The number of aldehydes is 2. The highest BCUT2D eigenvalue weighted by atomic mass is 17.0. The van der Waals surface area contributed by atoms with E-state index >= 15 is 0 Å². The van der Waals surface area contributed by atoms with Crippen LogP contribution in [0.2, 0.25) is 0 Å². The number of rotatable bonds is 14. The second kappa shape index (κ2) is 12.6. The van der Waals surface area contributed by atoms with Crippen molar-refractivity contribution in [1.29, 1.82) is 0 Å². The van der Waals surface area contributed by atoms with Crippen molar-refractivity contribution in [3.63, 3.8) is 0 Å². The topological polar surface area (TPSA) is 180 Å². The minimum absolute atomic E-state index is 0.0695. The molecular formula is C18H22N4O10. The van der Waals surface area contributed by atoms with E-state index in [2.05, 4.69) is 9.68 Å². The molecule has 0 saturated heterocycles. The Bertz CT molecular complexity index is 822. The van der Waals surface area contributed by atoms with Crippen LogP contribution in [0.15, 0.2) is 12.1 Å². The summed E-state index contributed by atoms with van der Waals surface area (Å²) in [7, 11) is 2.80. The van der Waals surface area contributed by atoms with Crippen molar-refractivity contribution in [2.75, 3.05) is 40.4 Å². The molecule has 0 atom stereocenters. The van der Waals surface area contributed by atoms with Crippen LogP contribution < -0.4 is 0 Å². The highest BCUT2D eigenvalue weighted by molar-refractivity contribution is 6.08. The Morgan fingerprint density at radius 2 is 1.22 bits per heavy atom. The molecule has 0 heterocycles. The Balaban J connectivity index is 3.04. The normalized spacial score (nSPS) is 10.1. The SMILES string of the molecule is CN(CCCO[N+](=O)[O-])C(=O)c1cc(C(=O)N(C)CCCO[N+](=O)[O-])c(C=O)cc1C=O. The van der Waals surface area contributed by atoms with Gasteiger partial charge < -0.3 is 19.5 Å². The quantitative estimate of drug-likeness (QED) is 0.168. The third-order valence-electron chi connectivity index (χ3n) is 4.30. The summed E-state index contributed by atoms with van der Waals surface area (Å²) in [5, 5.41) is 18.4. The molecule has 14 heteroatoms. The van der Waals surface area contributed by atoms with Crippen molar-refractivity contribution in [1.82, 2.24) is 9.80 Å². The van der Waals surface area contributed by atoms with Gasteiger partial charge in [-0.25, -0.2) is 0 Å². The zero-order valence-corrected chi connectivity index (χ0v) is 17.4. The lowest BCUT2D eigenvalue weighted by Gasteiger charge is -2.21. The Kier molecular flexibility index (Phi) is 10.2. The molecule has 1 aromatic rings. The van der Waals surface area contributed by atoms with Gasteiger partial charge >= 0.3 is 0 Å². The maximum atomic E-state index is 12.8. The van der Waals surface area contributed by atoms with E-state index in [9.17, 15) is 39.4 Å². The van der Waals surface area contributed by atoms with Crippen LogP contribution in [0.3, 0.4) is 0 Å². The number of hydrogen-bond acceptors (Lipinski definition) is 10. The monoisotopic (exact) mass is 454 g/mol. The number of nitrogens with zero attached hydrogens (tertiary/aromatic N) is 4. The van der Waals surface area contributed by atoms with Crippen molar-refractivity contribution < 1.29 is 39.0 Å². The first-order valence-electron chi connectivity index (χ1n) is 9.26. The highest BCUT2D eigenvalue weighted by Gasteiger charge is 2.23. The molecular weight excluding hydrogens is 432 g/mol. The molecule has 1 rings (SSSR count). The summed E-state index contributed by atoms with van der Waals surface area (Å²) in [6.07, 6.45) is 1.04. The van der Waals surface area contributed by atoms with Gasteiger partial charge in [0.25, 0.3) is 22.0 Å². The van der Waals surface area contributed by atoms with Gasteiger partial charge in [0.2, 0.25) is 0 Å². The first-order valence-corrected chi connectivity index (χ1v) is 9.26. The Hall–Kier alpha value is -4.10. The molecule has 0 aliphatic heterocycles. The lowest BCUT2D eigenvalue weighted by molar-refractivity contribution is -0.757. The number of amides is 2. The molecule has 1 aromatic carbocycles. The molecule has 0 aliphatic carbocycles. The summed E-state index contributed by atoms with van der Waals surface area (Å²) in [4.78, 5) is 79.5. The largest absolute Gasteiger partial charge is 0.342 e. The summed E-state index contributed by atoms with van der Waals surface area (Å²) in [5.74, 6) is -1.27. The third-order valence-corrected chi connectivity index (χ3v) is 4.30. The van der Waals surface area contributed by atoms with E-state index in [0.29, 0.717) is 12.6 Å². The zero-order valence-electron chi connectivity index (χ0n) is 17.4. The van der Waals surface area contributed by atoms with Gasteiger partial charge in [-0.1, -0.05) is 0 Å². The van der Waals surface area contributed by atoms with E-state index in [4.69, 9.17) is 0 Å². The van der Waals surface area contributed by atoms with Crippen molar-refractivity contribution in [3.8, 4) is 0 Å². The molecule has 0 spiro atoms. The van der Waals surface area contributed by atoms with Crippen LogP contribution in [-0.2, 0) is 9.68 Å². The molecule has 14 nitrogen and oxygen atoms in total. The van der Waals surface area contributed by atoms with E-state index in [1.807, 2.05) is 0 Å². The molecule has 174 valence electrons. The van der Waals surface area contributed by atoms with Gasteiger partial charge in [0.05, 0.1) is 24.3 Å². The molecule has 0 aliphatic rings. The van der Waals surface area contributed by atoms with Gasteiger partial charge in [-0.3, -0.25) is 19.2 Å². The van der Waals surface area contributed by atoms with Crippen LogP contribution in [0.5, 0.6) is 0 Å². The van der Waals surface area contributed by atoms with Gasteiger partial charge in [-0.05, 0) is 25.0 Å². The Morgan fingerprint density at radius 1 is 0.844 bits per heavy atom. The summed E-state index contributed by atoms with van der Waals surface area (Å²) in [6.45, 7) is -0.325. The van der Waals surface area contributed by atoms with E-state index in [0.717, 1.165) is 12.1 Å². The molecule has 32 heavy (non-hydrogen) atoms. The zero-order chi connectivity index (χ0) is 24.3. The minimum Gasteiger partial charge on any atom is -0.342 e. The Labute approximate surface area is 181 Å². The van der Waals surface area contributed by atoms with E-state index in [-0.39, 0.29) is 61.4 Å². The first-order chi connectivity index (χ1) is 15.1. The predicted octanol–water partition coefficient (Wildman–Crippen LogP) is 0.652. The van der Waals surface area contributed by atoms with E-state index < -0.39 is 22.0 Å². The van der Waals surface area contributed by atoms with Crippen molar-refractivity contribution in [2.24, 2.45) is 0 Å². The fraction of sp³-hybridized carbons (Fsp3) is 0.444. The molecule has 0 saturated carbocycles. The number of hydrogen-bond donors (Lipinski definition) is 0. The second-order valence-electron chi connectivity index (χ2n) is 6.54. The van der Waals surface area contributed by atoms with Crippen LogP contribution in [-0.4, -0.2) is 84.8 Å². The average Bonchev–Trinajstić information content (AvgIpc) is 2.76. The smallest absolute Gasteiger partial charge is 0.294 e. The molecule has 0 N–H and O–H groups in total. The molecule has 0 radical (unpaired) electrons. The number of carbonyl (C=O) groups excluding carboxylic acids is 4. The fourth-order valence-corrected chi connectivity index (χ4v) is 2.70. The van der Waals surface area contributed by atoms with Gasteiger partial charge in [0, 0.05) is 38.3 Å². The average molecular weight is 454 g/mol. The Morgan fingerprint density at radius 3 is 1.53 bits per heavy atom. The molecule has 0 aromatic heterocycles. The van der Waals surface area contributed by atoms with Crippen molar-refractivity contribution >= 4 is 24.4 Å². The van der Waals surface area contributed by atoms with Crippen LogP contribution in [0.4, 0.5) is 0 Å². The van der Waals surface area contributed by atoms with E-state index in [1.54, 1.807) is 0 Å². The van der Waals surface area contributed by atoms with Crippen LogP contribution in [0.25, 0.3) is 0 Å². The van der Waals surface area contributed by atoms with Crippen LogP contribution in [0.1, 0.15) is 54.3 Å². The van der Waals surface area contributed by atoms with Crippen LogP contribution >= 0.6 is 0 Å². The minimum atomic E-state index is -0.956. The highest BCUT2D eigenvalue weighted by Crippen LogP contribution is 2.19. The van der Waals surface area contributed by atoms with Gasteiger partial charge in [-0.2, -0.15) is 0 Å². The molecule has 0 unspecified atom stereocenters. The predicted molar refractivity (Wildman–Crippen MR) is 106 cm³/mol. The summed E-state index contributed by atoms with van der Waals surface area (Å²) in [6, 6.07) is 2.25. The second-order valence-corrected chi connectivity index (χ2v) is 6.54. The maximum Gasteiger partial charge on any atom is 0.294 e. The summed E-state index contributed by atoms with van der Waals surface area (Å²) < 4.78 is 0. The van der Waals surface area contributed by atoms with E-state index in [1.165, 1.54) is 23.9 Å². The lowest BCUT2D eigenvalue weighted by atomic mass is 9.97. The van der Waals surface area contributed by atoms with Gasteiger partial charge in [0.1, 0.15) is 0 Å². The third kappa shape index (κ3) is 7.62.